The molecule has 1 N–H and O–H groups in total. The lowest BCUT2D eigenvalue weighted by atomic mass is 10.1. The highest BCUT2D eigenvalue weighted by Crippen LogP contribution is 2.18. The van der Waals surface area contributed by atoms with E-state index in [1.807, 2.05) is 55.6 Å². The third kappa shape index (κ3) is 4.88. The van der Waals surface area contributed by atoms with Crippen LogP contribution in [0.15, 0.2) is 60.7 Å². The van der Waals surface area contributed by atoms with Crippen molar-refractivity contribution >= 4 is 0 Å². The van der Waals surface area contributed by atoms with Crippen LogP contribution in [0, 0.1) is 0 Å². The van der Waals surface area contributed by atoms with E-state index in [1.165, 1.54) is 5.56 Å². The molecule has 3 heteroatoms. The van der Waals surface area contributed by atoms with Crippen LogP contribution in [-0.4, -0.2) is 36.3 Å². The topological polar surface area (TPSA) is 32.7 Å². The van der Waals surface area contributed by atoms with Crippen molar-refractivity contribution in [1.29, 1.82) is 0 Å². The Bertz CT molecular complexity index is 515. The van der Waals surface area contributed by atoms with E-state index in [0.29, 0.717) is 13.2 Å². The van der Waals surface area contributed by atoms with Crippen molar-refractivity contribution in [2.75, 3.05) is 20.2 Å². The van der Waals surface area contributed by atoms with Crippen LogP contribution in [0.25, 0.3) is 0 Å². The lowest BCUT2D eigenvalue weighted by Gasteiger charge is -2.27. The van der Waals surface area contributed by atoms with E-state index in [9.17, 15) is 5.11 Å². The second-order valence-corrected chi connectivity index (χ2v) is 5.30. The highest BCUT2D eigenvalue weighted by Gasteiger charge is 2.15. The minimum absolute atomic E-state index is 0.262. The molecule has 0 saturated carbocycles. The number of hydrogen-bond donors (Lipinski definition) is 1. The highest BCUT2D eigenvalue weighted by molar-refractivity contribution is 5.21. The van der Waals surface area contributed by atoms with Crippen molar-refractivity contribution in [2.45, 2.75) is 19.1 Å². The summed E-state index contributed by atoms with van der Waals surface area (Å²) in [6, 6.07) is 20.1. The fourth-order valence-corrected chi connectivity index (χ4v) is 2.24. The Morgan fingerprint density at radius 3 is 2.19 bits per heavy atom. The standard InChI is InChI=1S/C18H23NO2/c1-15(16-9-5-3-6-10-16)19(2)13-17(20)14-21-18-11-7-4-8-12-18/h3-12,15,17,20H,13-14H2,1-2H3. The molecule has 2 atom stereocenters. The Morgan fingerprint density at radius 1 is 1.00 bits per heavy atom. The molecular formula is C18H23NO2. The van der Waals surface area contributed by atoms with Crippen LogP contribution in [0.1, 0.15) is 18.5 Å². The van der Waals surface area contributed by atoms with E-state index in [0.717, 1.165) is 5.75 Å². The van der Waals surface area contributed by atoms with Crippen LogP contribution < -0.4 is 4.74 Å². The largest absolute Gasteiger partial charge is 0.491 e. The van der Waals surface area contributed by atoms with Gasteiger partial charge >= 0.3 is 0 Å². The second kappa shape index (κ2) is 7.81. The number of rotatable bonds is 7. The van der Waals surface area contributed by atoms with Gasteiger partial charge in [0.1, 0.15) is 18.5 Å². The van der Waals surface area contributed by atoms with Gasteiger partial charge in [0, 0.05) is 12.6 Å². The van der Waals surface area contributed by atoms with Gasteiger partial charge < -0.3 is 9.84 Å². The van der Waals surface area contributed by atoms with E-state index >= 15 is 0 Å². The first-order valence-corrected chi connectivity index (χ1v) is 7.28. The lowest BCUT2D eigenvalue weighted by Crippen LogP contribution is -2.34. The van der Waals surface area contributed by atoms with Gasteiger partial charge in [0.15, 0.2) is 0 Å². The van der Waals surface area contributed by atoms with Gasteiger partial charge in [-0.25, -0.2) is 0 Å². The van der Waals surface area contributed by atoms with Crippen molar-refractivity contribution in [1.82, 2.24) is 4.90 Å². The fraction of sp³-hybridized carbons (Fsp3) is 0.333. The van der Waals surface area contributed by atoms with E-state index in [1.54, 1.807) is 0 Å². The van der Waals surface area contributed by atoms with Gasteiger partial charge in [0.25, 0.3) is 0 Å². The number of aliphatic hydroxyl groups excluding tert-OH is 1. The Kier molecular flexibility index (Phi) is 5.78. The molecule has 112 valence electrons. The summed E-state index contributed by atoms with van der Waals surface area (Å²) in [6.07, 6.45) is -0.513. The maximum Gasteiger partial charge on any atom is 0.119 e. The molecule has 0 aromatic heterocycles. The smallest absolute Gasteiger partial charge is 0.119 e. The molecule has 0 amide bonds. The zero-order chi connectivity index (χ0) is 15.1. The van der Waals surface area contributed by atoms with Gasteiger partial charge in [0.2, 0.25) is 0 Å². The Balaban J connectivity index is 1.80. The number of hydrogen-bond acceptors (Lipinski definition) is 3. The van der Waals surface area contributed by atoms with Crippen molar-refractivity contribution in [3.8, 4) is 5.75 Å². The van der Waals surface area contributed by atoms with Crippen LogP contribution in [0.2, 0.25) is 0 Å². The highest BCUT2D eigenvalue weighted by atomic mass is 16.5. The molecule has 0 aliphatic heterocycles. The normalized spacial score (nSPS) is 13.9. The summed E-state index contributed by atoms with van der Waals surface area (Å²) in [5, 5.41) is 10.1. The Labute approximate surface area is 126 Å². The van der Waals surface area contributed by atoms with Crippen LogP contribution in [0.4, 0.5) is 0 Å². The Morgan fingerprint density at radius 2 is 1.57 bits per heavy atom. The van der Waals surface area contributed by atoms with Gasteiger partial charge in [-0.1, -0.05) is 48.5 Å². The first kappa shape index (κ1) is 15.5. The van der Waals surface area contributed by atoms with Gasteiger partial charge in [-0.3, -0.25) is 4.90 Å². The second-order valence-electron chi connectivity index (χ2n) is 5.30. The monoisotopic (exact) mass is 285 g/mol. The number of benzene rings is 2. The van der Waals surface area contributed by atoms with Crippen LogP contribution in [0.3, 0.4) is 0 Å². The maximum atomic E-state index is 10.1. The molecule has 2 aromatic carbocycles. The Hall–Kier alpha value is -1.84. The van der Waals surface area contributed by atoms with Gasteiger partial charge in [-0.2, -0.15) is 0 Å². The first-order valence-electron chi connectivity index (χ1n) is 7.28. The predicted molar refractivity (Wildman–Crippen MR) is 85.4 cm³/mol. The molecule has 0 saturated heterocycles. The summed E-state index contributed by atoms with van der Waals surface area (Å²) in [5.74, 6) is 0.787. The summed E-state index contributed by atoms with van der Waals surface area (Å²) >= 11 is 0. The molecule has 21 heavy (non-hydrogen) atoms. The number of likely N-dealkylation sites (N-methyl/N-ethyl adjacent to an activating group) is 1. The van der Waals surface area contributed by atoms with E-state index in [2.05, 4.69) is 24.0 Å². The molecular weight excluding hydrogens is 262 g/mol. The van der Waals surface area contributed by atoms with Crippen molar-refractivity contribution < 1.29 is 9.84 Å². The van der Waals surface area contributed by atoms with Crippen molar-refractivity contribution in [2.24, 2.45) is 0 Å². The molecule has 3 nitrogen and oxygen atoms in total. The van der Waals surface area contributed by atoms with Gasteiger partial charge in [0.05, 0.1) is 0 Å². The molecule has 0 heterocycles. The molecule has 0 bridgehead atoms. The third-order valence-electron chi connectivity index (χ3n) is 3.63. The van der Waals surface area contributed by atoms with Crippen LogP contribution >= 0.6 is 0 Å². The predicted octanol–water partition coefficient (Wildman–Crippen LogP) is 3.12. The minimum atomic E-state index is -0.513. The molecule has 0 radical (unpaired) electrons. The zero-order valence-corrected chi connectivity index (χ0v) is 12.6. The molecule has 2 aromatic rings. The summed E-state index contributed by atoms with van der Waals surface area (Å²) in [5.41, 5.74) is 1.25. The van der Waals surface area contributed by atoms with Gasteiger partial charge in [-0.05, 0) is 31.7 Å². The molecule has 0 aliphatic rings. The average molecular weight is 285 g/mol. The number of aliphatic hydroxyl groups is 1. The third-order valence-corrected chi connectivity index (χ3v) is 3.63. The van der Waals surface area contributed by atoms with E-state index in [4.69, 9.17) is 4.74 Å². The van der Waals surface area contributed by atoms with Gasteiger partial charge in [-0.15, -0.1) is 0 Å². The lowest BCUT2D eigenvalue weighted by molar-refractivity contribution is 0.0654. The SMILES string of the molecule is CC(c1ccccc1)N(C)CC(O)COc1ccccc1. The fourth-order valence-electron chi connectivity index (χ4n) is 2.24. The average Bonchev–Trinajstić information content (AvgIpc) is 2.54. The van der Waals surface area contributed by atoms with E-state index in [-0.39, 0.29) is 6.04 Å². The maximum absolute atomic E-state index is 10.1. The summed E-state index contributed by atoms with van der Waals surface area (Å²) < 4.78 is 5.58. The first-order chi connectivity index (χ1) is 10.2. The molecule has 0 aliphatic carbocycles. The van der Waals surface area contributed by atoms with Crippen molar-refractivity contribution in [3.63, 3.8) is 0 Å². The molecule has 0 fully saturated rings. The number of nitrogens with zero attached hydrogens (tertiary/aromatic N) is 1. The van der Waals surface area contributed by atoms with Crippen molar-refractivity contribution in [3.05, 3.63) is 66.2 Å². The van der Waals surface area contributed by atoms with Crippen LogP contribution in [0.5, 0.6) is 5.75 Å². The molecule has 2 rings (SSSR count). The summed E-state index contributed by atoms with van der Waals surface area (Å²) in [4.78, 5) is 2.13. The quantitative estimate of drug-likeness (QED) is 0.848. The van der Waals surface area contributed by atoms with E-state index < -0.39 is 6.10 Å². The molecule has 0 spiro atoms. The number of ether oxygens (including phenoxy) is 1. The van der Waals surface area contributed by atoms with Crippen LogP contribution in [-0.2, 0) is 0 Å². The zero-order valence-electron chi connectivity index (χ0n) is 12.6. The minimum Gasteiger partial charge on any atom is -0.491 e. The summed E-state index contributed by atoms with van der Waals surface area (Å²) in [6.45, 7) is 3.01. The summed E-state index contributed by atoms with van der Waals surface area (Å²) in [7, 11) is 2.02. The molecule has 2 unspecified atom stereocenters. The number of para-hydroxylation sites is 1.